The number of esters is 1. The minimum absolute atomic E-state index is 0.342. The number of hydrogen-bond acceptors (Lipinski definition) is 4. The smallest absolute Gasteiger partial charge is 0.345 e. The van der Waals surface area contributed by atoms with Crippen LogP contribution < -0.4 is 9.47 Å². The van der Waals surface area contributed by atoms with Crippen molar-refractivity contribution in [2.24, 2.45) is 0 Å². The van der Waals surface area contributed by atoms with Gasteiger partial charge < -0.3 is 9.47 Å². The number of ether oxygens (including phenoxy) is 2. The second kappa shape index (κ2) is 7.38. The van der Waals surface area contributed by atoms with E-state index < -0.39 is 5.97 Å². The first-order valence-corrected chi connectivity index (χ1v) is 8.03. The summed E-state index contributed by atoms with van der Waals surface area (Å²) >= 11 is 7.61. The van der Waals surface area contributed by atoms with Crippen LogP contribution in [-0.4, -0.2) is 18.8 Å². The third-order valence-electron chi connectivity index (χ3n) is 2.75. The summed E-state index contributed by atoms with van der Waals surface area (Å²) in [4.78, 5) is 13.2. The Balaban J connectivity index is 2.26. The number of benzene rings is 2. The van der Waals surface area contributed by atoms with E-state index in [0.29, 0.717) is 28.7 Å². The fourth-order valence-corrected chi connectivity index (χ4v) is 2.39. The summed E-state index contributed by atoms with van der Waals surface area (Å²) in [7, 11) is 0. The van der Waals surface area contributed by atoms with E-state index in [0.717, 1.165) is 4.90 Å². The van der Waals surface area contributed by atoms with E-state index in [1.165, 1.54) is 11.8 Å². The third kappa shape index (κ3) is 3.93. The molecule has 0 bridgehead atoms. The van der Waals surface area contributed by atoms with E-state index in [2.05, 4.69) is 0 Å². The lowest BCUT2D eigenvalue weighted by Crippen LogP contribution is -2.10. The highest BCUT2D eigenvalue weighted by Gasteiger charge is 2.16. The van der Waals surface area contributed by atoms with Crippen LogP contribution in [0.4, 0.5) is 0 Å². The van der Waals surface area contributed by atoms with Crippen LogP contribution in [0.1, 0.15) is 17.3 Å². The number of halogens is 1. The Morgan fingerprint density at radius 3 is 2.57 bits per heavy atom. The monoisotopic (exact) mass is 322 g/mol. The largest absolute Gasteiger partial charge is 0.490 e. The molecule has 0 saturated carbocycles. The van der Waals surface area contributed by atoms with E-state index in [1.54, 1.807) is 30.3 Å². The first-order valence-electron chi connectivity index (χ1n) is 6.43. The summed E-state index contributed by atoms with van der Waals surface area (Å²) in [5.74, 6) is 0.420. The second-order valence-corrected chi connectivity index (χ2v) is 5.40. The first-order chi connectivity index (χ1) is 10.2. The van der Waals surface area contributed by atoms with Crippen molar-refractivity contribution in [2.75, 3.05) is 12.9 Å². The molecule has 0 aliphatic rings. The molecule has 0 heterocycles. The molecule has 0 spiro atoms. The molecule has 0 aromatic heterocycles. The standard InChI is InChI=1S/C16H15ClO3S/c1-3-19-14-6-4-5-7-15(14)20-16(18)12-10-11(21-2)8-9-13(12)17/h4-10H,3H2,1-2H3. The molecular weight excluding hydrogens is 308 g/mol. The minimum Gasteiger partial charge on any atom is -0.490 e. The lowest BCUT2D eigenvalue weighted by atomic mass is 10.2. The van der Waals surface area contributed by atoms with Crippen molar-refractivity contribution in [3.8, 4) is 11.5 Å². The van der Waals surface area contributed by atoms with Crippen molar-refractivity contribution in [3.05, 3.63) is 53.1 Å². The number of hydrogen-bond donors (Lipinski definition) is 0. The molecule has 0 atom stereocenters. The normalized spacial score (nSPS) is 10.2. The first kappa shape index (κ1) is 15.7. The van der Waals surface area contributed by atoms with Gasteiger partial charge in [0.2, 0.25) is 0 Å². The van der Waals surface area contributed by atoms with Gasteiger partial charge in [0, 0.05) is 4.90 Å². The van der Waals surface area contributed by atoms with Gasteiger partial charge in [-0.25, -0.2) is 4.79 Å². The van der Waals surface area contributed by atoms with Crippen molar-refractivity contribution in [2.45, 2.75) is 11.8 Å². The molecule has 0 N–H and O–H groups in total. The molecule has 0 aliphatic heterocycles. The Labute approximate surface area is 133 Å². The molecule has 5 heteroatoms. The summed E-state index contributed by atoms with van der Waals surface area (Å²) in [6.07, 6.45) is 1.93. The van der Waals surface area contributed by atoms with Gasteiger partial charge in [0.25, 0.3) is 0 Å². The molecular formula is C16H15ClO3S. The van der Waals surface area contributed by atoms with Gasteiger partial charge in [-0.05, 0) is 43.5 Å². The highest BCUT2D eigenvalue weighted by molar-refractivity contribution is 7.98. The van der Waals surface area contributed by atoms with Crippen LogP contribution in [0.25, 0.3) is 0 Å². The van der Waals surface area contributed by atoms with Gasteiger partial charge in [0.05, 0.1) is 17.2 Å². The summed E-state index contributed by atoms with van der Waals surface area (Å²) in [5.41, 5.74) is 0.342. The number of carbonyl (C=O) groups excluding carboxylic acids is 1. The van der Waals surface area contributed by atoms with Crippen molar-refractivity contribution < 1.29 is 14.3 Å². The van der Waals surface area contributed by atoms with E-state index in [4.69, 9.17) is 21.1 Å². The molecule has 110 valence electrons. The molecule has 3 nitrogen and oxygen atoms in total. The van der Waals surface area contributed by atoms with Gasteiger partial charge in [-0.15, -0.1) is 11.8 Å². The van der Waals surface area contributed by atoms with Crippen LogP contribution in [0.5, 0.6) is 11.5 Å². The molecule has 0 aliphatic carbocycles. The zero-order chi connectivity index (χ0) is 15.2. The second-order valence-electron chi connectivity index (χ2n) is 4.12. The summed E-state index contributed by atoms with van der Waals surface area (Å²) in [6.45, 7) is 2.37. The maximum Gasteiger partial charge on any atom is 0.345 e. The zero-order valence-electron chi connectivity index (χ0n) is 11.8. The van der Waals surface area contributed by atoms with Crippen molar-refractivity contribution >= 4 is 29.3 Å². The number of para-hydroxylation sites is 2. The van der Waals surface area contributed by atoms with E-state index in [9.17, 15) is 4.79 Å². The Hall–Kier alpha value is -1.65. The van der Waals surface area contributed by atoms with Crippen molar-refractivity contribution in [3.63, 3.8) is 0 Å². The van der Waals surface area contributed by atoms with E-state index >= 15 is 0 Å². The molecule has 0 amide bonds. The number of thioether (sulfide) groups is 1. The van der Waals surface area contributed by atoms with Crippen LogP contribution >= 0.6 is 23.4 Å². The quantitative estimate of drug-likeness (QED) is 0.455. The topological polar surface area (TPSA) is 35.5 Å². The average molecular weight is 323 g/mol. The van der Waals surface area contributed by atoms with E-state index in [1.807, 2.05) is 25.3 Å². The number of carbonyl (C=O) groups is 1. The summed E-state index contributed by atoms with van der Waals surface area (Å²) < 4.78 is 10.8. The maximum absolute atomic E-state index is 12.3. The number of rotatable bonds is 5. The predicted molar refractivity (Wildman–Crippen MR) is 85.8 cm³/mol. The van der Waals surface area contributed by atoms with Crippen LogP contribution in [0, 0.1) is 0 Å². The van der Waals surface area contributed by atoms with Gasteiger partial charge in [0.15, 0.2) is 11.5 Å². The molecule has 0 fully saturated rings. The fourth-order valence-electron chi connectivity index (χ4n) is 1.75. The Morgan fingerprint density at radius 2 is 1.90 bits per heavy atom. The maximum atomic E-state index is 12.3. The Bertz CT molecular complexity index is 643. The van der Waals surface area contributed by atoms with Crippen LogP contribution in [0.15, 0.2) is 47.4 Å². The van der Waals surface area contributed by atoms with Crippen molar-refractivity contribution in [1.82, 2.24) is 0 Å². The van der Waals surface area contributed by atoms with Crippen molar-refractivity contribution in [1.29, 1.82) is 0 Å². The fraction of sp³-hybridized carbons (Fsp3) is 0.188. The highest BCUT2D eigenvalue weighted by atomic mass is 35.5. The Morgan fingerprint density at radius 1 is 1.19 bits per heavy atom. The Kier molecular flexibility index (Phi) is 5.53. The van der Waals surface area contributed by atoms with Crippen LogP contribution in [0.2, 0.25) is 5.02 Å². The van der Waals surface area contributed by atoms with Crippen LogP contribution in [-0.2, 0) is 0 Å². The SMILES string of the molecule is CCOc1ccccc1OC(=O)c1cc(SC)ccc1Cl. The predicted octanol–water partition coefficient (Wildman–Crippen LogP) is 4.68. The summed E-state index contributed by atoms with van der Waals surface area (Å²) in [5, 5.41) is 0.367. The van der Waals surface area contributed by atoms with Gasteiger partial charge >= 0.3 is 5.97 Å². The molecule has 21 heavy (non-hydrogen) atoms. The van der Waals surface area contributed by atoms with Crippen LogP contribution in [0.3, 0.4) is 0 Å². The van der Waals surface area contributed by atoms with Gasteiger partial charge in [-0.1, -0.05) is 23.7 Å². The zero-order valence-corrected chi connectivity index (χ0v) is 13.3. The molecule has 2 rings (SSSR count). The summed E-state index contributed by atoms with van der Waals surface area (Å²) in [6, 6.07) is 12.3. The highest BCUT2D eigenvalue weighted by Crippen LogP contribution is 2.29. The third-order valence-corrected chi connectivity index (χ3v) is 3.80. The molecule has 0 unspecified atom stereocenters. The molecule has 0 saturated heterocycles. The molecule has 2 aromatic carbocycles. The van der Waals surface area contributed by atoms with E-state index in [-0.39, 0.29) is 0 Å². The van der Waals surface area contributed by atoms with Gasteiger partial charge in [0.1, 0.15) is 0 Å². The lowest BCUT2D eigenvalue weighted by molar-refractivity contribution is 0.0728. The lowest BCUT2D eigenvalue weighted by Gasteiger charge is -2.11. The average Bonchev–Trinajstić information content (AvgIpc) is 2.50. The molecule has 2 aromatic rings. The molecule has 0 radical (unpaired) electrons. The van der Waals surface area contributed by atoms with Gasteiger partial charge in [-0.2, -0.15) is 0 Å². The minimum atomic E-state index is -0.497. The van der Waals surface area contributed by atoms with Gasteiger partial charge in [-0.3, -0.25) is 0 Å².